The Morgan fingerprint density at radius 3 is 2.50 bits per heavy atom. The van der Waals surface area contributed by atoms with E-state index in [1.165, 1.54) is 0 Å². The molecule has 0 aliphatic heterocycles. The summed E-state index contributed by atoms with van der Waals surface area (Å²) in [6.07, 6.45) is 2.92. The van der Waals surface area contributed by atoms with Crippen LogP contribution in [0.25, 0.3) is 0 Å². The molecule has 0 aromatic carbocycles. The van der Waals surface area contributed by atoms with Gasteiger partial charge in [-0.3, -0.25) is 4.68 Å². The number of nitrogens with one attached hydrogen (secondary N) is 1. The monoisotopic (exact) mass is 283 g/mol. The first-order chi connectivity index (χ1) is 9.60. The van der Waals surface area contributed by atoms with Crippen molar-refractivity contribution < 1.29 is 9.47 Å². The Hall–Kier alpha value is -1.07. The lowest BCUT2D eigenvalue weighted by Crippen LogP contribution is -2.37. The molecule has 1 rings (SSSR count). The minimum Gasteiger partial charge on any atom is -0.493 e. The van der Waals surface area contributed by atoms with E-state index in [1.54, 1.807) is 13.3 Å². The second-order valence-corrected chi connectivity index (χ2v) is 5.25. The maximum absolute atomic E-state index is 5.95. The molecule has 0 saturated heterocycles. The molecule has 0 aliphatic carbocycles. The Labute approximate surface area is 122 Å². The van der Waals surface area contributed by atoms with Crippen LogP contribution < -0.4 is 10.1 Å². The number of ether oxygens (including phenoxy) is 2. The van der Waals surface area contributed by atoms with Crippen molar-refractivity contribution in [2.45, 2.75) is 52.8 Å². The molecule has 1 N–H and O–H groups in total. The van der Waals surface area contributed by atoms with Gasteiger partial charge in [0.1, 0.15) is 0 Å². The maximum atomic E-state index is 5.95. The van der Waals surface area contributed by atoms with Gasteiger partial charge in [-0.05, 0) is 26.3 Å². The Morgan fingerprint density at radius 1 is 1.35 bits per heavy atom. The van der Waals surface area contributed by atoms with E-state index in [9.17, 15) is 0 Å². The number of nitrogens with zero attached hydrogens (tertiary/aromatic N) is 2. The quantitative estimate of drug-likeness (QED) is 0.757. The molecule has 0 radical (unpaired) electrons. The molecule has 0 spiro atoms. The van der Waals surface area contributed by atoms with Crippen molar-refractivity contribution in [2.75, 3.05) is 20.8 Å². The number of hydrogen-bond acceptors (Lipinski definition) is 4. The topological polar surface area (TPSA) is 48.3 Å². The minimum atomic E-state index is 0.0685. The van der Waals surface area contributed by atoms with Gasteiger partial charge >= 0.3 is 0 Å². The molecule has 0 aliphatic rings. The van der Waals surface area contributed by atoms with E-state index >= 15 is 0 Å². The van der Waals surface area contributed by atoms with Crippen LogP contribution >= 0.6 is 0 Å². The lowest BCUT2D eigenvalue weighted by atomic mass is 9.96. The van der Waals surface area contributed by atoms with Crippen LogP contribution in [0.2, 0.25) is 0 Å². The van der Waals surface area contributed by atoms with Crippen LogP contribution in [0.5, 0.6) is 5.75 Å². The lowest BCUT2D eigenvalue weighted by Gasteiger charge is -2.30. The molecule has 0 saturated carbocycles. The van der Waals surface area contributed by atoms with Crippen molar-refractivity contribution in [2.24, 2.45) is 5.92 Å². The van der Waals surface area contributed by atoms with E-state index in [0.717, 1.165) is 24.4 Å². The smallest absolute Gasteiger partial charge is 0.161 e. The number of aromatic nitrogens is 2. The van der Waals surface area contributed by atoms with Gasteiger partial charge in [-0.15, -0.1) is 0 Å². The molecule has 5 nitrogen and oxygen atoms in total. The molecule has 116 valence electrons. The fourth-order valence-corrected chi connectivity index (χ4v) is 2.56. The predicted molar refractivity (Wildman–Crippen MR) is 81.1 cm³/mol. The van der Waals surface area contributed by atoms with E-state index in [0.29, 0.717) is 12.5 Å². The molecule has 2 atom stereocenters. The van der Waals surface area contributed by atoms with Crippen molar-refractivity contribution in [3.05, 3.63) is 11.9 Å². The third-order valence-electron chi connectivity index (χ3n) is 3.45. The first-order valence-electron chi connectivity index (χ1n) is 7.49. The van der Waals surface area contributed by atoms with E-state index in [1.807, 2.05) is 18.7 Å². The summed E-state index contributed by atoms with van der Waals surface area (Å²) in [6.45, 7) is 10.1. The average molecular weight is 283 g/mol. The van der Waals surface area contributed by atoms with Crippen LogP contribution in [0.3, 0.4) is 0 Å². The normalized spacial score (nSPS) is 14.6. The molecular weight excluding hydrogens is 254 g/mol. The third-order valence-corrected chi connectivity index (χ3v) is 3.45. The van der Waals surface area contributed by atoms with E-state index < -0.39 is 0 Å². The van der Waals surface area contributed by atoms with Crippen LogP contribution in [0.1, 0.15) is 45.9 Å². The number of likely N-dealkylation sites (N-methyl/N-ethyl adjacent to an activating group) is 1. The van der Waals surface area contributed by atoms with Gasteiger partial charge in [-0.1, -0.05) is 20.8 Å². The maximum Gasteiger partial charge on any atom is 0.161 e. The van der Waals surface area contributed by atoms with Crippen molar-refractivity contribution in [3.63, 3.8) is 0 Å². The van der Waals surface area contributed by atoms with Gasteiger partial charge in [0, 0.05) is 13.2 Å². The molecule has 1 aromatic rings. The Balaban J connectivity index is 3.17. The predicted octanol–water partition coefficient (Wildman–Crippen LogP) is 2.62. The van der Waals surface area contributed by atoms with Gasteiger partial charge in [0.25, 0.3) is 0 Å². The molecule has 20 heavy (non-hydrogen) atoms. The fourth-order valence-electron chi connectivity index (χ4n) is 2.56. The zero-order valence-electron chi connectivity index (χ0n) is 13.6. The van der Waals surface area contributed by atoms with Crippen LogP contribution in [-0.2, 0) is 11.3 Å². The zero-order chi connectivity index (χ0) is 15.1. The molecule has 1 heterocycles. The van der Waals surface area contributed by atoms with Crippen molar-refractivity contribution >= 4 is 0 Å². The van der Waals surface area contributed by atoms with Gasteiger partial charge < -0.3 is 14.8 Å². The fraction of sp³-hybridized carbons (Fsp3) is 0.800. The second kappa shape index (κ2) is 8.27. The van der Waals surface area contributed by atoms with Crippen LogP contribution in [-0.4, -0.2) is 36.6 Å². The highest BCUT2D eigenvalue weighted by molar-refractivity contribution is 5.29. The Bertz CT molecular complexity index is 390. The highest BCUT2D eigenvalue weighted by Gasteiger charge is 2.30. The van der Waals surface area contributed by atoms with E-state index in [-0.39, 0.29) is 12.1 Å². The van der Waals surface area contributed by atoms with Gasteiger partial charge in [0.2, 0.25) is 0 Å². The summed E-state index contributed by atoms with van der Waals surface area (Å²) < 4.78 is 13.5. The summed E-state index contributed by atoms with van der Waals surface area (Å²) in [5, 5.41) is 7.82. The van der Waals surface area contributed by atoms with Gasteiger partial charge in [0.15, 0.2) is 5.75 Å². The summed E-state index contributed by atoms with van der Waals surface area (Å²) in [4.78, 5) is 0. The summed E-state index contributed by atoms with van der Waals surface area (Å²) >= 11 is 0. The lowest BCUT2D eigenvalue weighted by molar-refractivity contribution is 0.00200. The molecular formula is C15H29N3O2. The Morgan fingerprint density at radius 2 is 2.05 bits per heavy atom. The van der Waals surface area contributed by atoms with Gasteiger partial charge in [-0.25, -0.2) is 0 Å². The van der Waals surface area contributed by atoms with E-state index in [4.69, 9.17) is 9.47 Å². The number of aryl methyl sites for hydroxylation is 1. The first-order valence-corrected chi connectivity index (χ1v) is 7.49. The highest BCUT2D eigenvalue weighted by Crippen LogP contribution is 2.31. The number of hydrogen-bond donors (Lipinski definition) is 1. The average Bonchev–Trinajstić information content (AvgIpc) is 2.82. The van der Waals surface area contributed by atoms with Gasteiger partial charge in [0.05, 0.1) is 31.1 Å². The van der Waals surface area contributed by atoms with E-state index in [2.05, 4.69) is 31.2 Å². The van der Waals surface area contributed by atoms with Gasteiger partial charge in [-0.2, -0.15) is 5.10 Å². The SMILES string of the molecule is CCCn1ncc(OC)c1C(NC)C(OCC)C(C)C. The number of rotatable bonds is 9. The zero-order valence-corrected chi connectivity index (χ0v) is 13.6. The second-order valence-electron chi connectivity index (χ2n) is 5.25. The van der Waals surface area contributed by atoms with Crippen molar-refractivity contribution in [3.8, 4) is 5.75 Å². The summed E-state index contributed by atoms with van der Waals surface area (Å²) in [7, 11) is 3.65. The summed E-state index contributed by atoms with van der Waals surface area (Å²) in [5.41, 5.74) is 1.07. The first kappa shape index (κ1) is 17.0. The Kier molecular flexibility index (Phi) is 7.02. The van der Waals surface area contributed by atoms with Crippen LogP contribution in [0, 0.1) is 5.92 Å². The molecule has 0 amide bonds. The highest BCUT2D eigenvalue weighted by atomic mass is 16.5. The standard InChI is InChI=1S/C15H29N3O2/c1-7-9-18-14(12(19-6)10-17-18)13(16-5)15(11(3)4)20-8-2/h10-11,13,15-16H,7-9H2,1-6H3. The molecule has 1 aromatic heterocycles. The summed E-state index contributed by atoms with van der Waals surface area (Å²) in [5.74, 6) is 1.23. The largest absolute Gasteiger partial charge is 0.493 e. The van der Waals surface area contributed by atoms with Crippen LogP contribution in [0.15, 0.2) is 6.20 Å². The number of methoxy groups -OCH3 is 1. The molecule has 5 heteroatoms. The van der Waals surface area contributed by atoms with Crippen molar-refractivity contribution in [1.29, 1.82) is 0 Å². The van der Waals surface area contributed by atoms with Crippen LogP contribution in [0.4, 0.5) is 0 Å². The third kappa shape index (κ3) is 3.73. The summed E-state index contributed by atoms with van der Waals surface area (Å²) in [6, 6.07) is 0.0685. The molecule has 0 fully saturated rings. The minimum absolute atomic E-state index is 0.0685. The molecule has 0 bridgehead atoms. The van der Waals surface area contributed by atoms with Crippen molar-refractivity contribution in [1.82, 2.24) is 15.1 Å². The molecule has 2 unspecified atom stereocenters.